The molecule has 108 valence electrons. The Morgan fingerprint density at radius 1 is 1.14 bits per heavy atom. The summed E-state index contributed by atoms with van der Waals surface area (Å²) in [5.41, 5.74) is 1.27. The van der Waals surface area contributed by atoms with E-state index in [0.717, 1.165) is 0 Å². The Morgan fingerprint density at radius 2 is 1.86 bits per heavy atom. The molecule has 0 aliphatic heterocycles. The van der Waals surface area contributed by atoms with Gasteiger partial charge < -0.3 is 5.11 Å². The van der Waals surface area contributed by atoms with Crippen molar-refractivity contribution in [2.24, 2.45) is 4.99 Å². The summed E-state index contributed by atoms with van der Waals surface area (Å²) in [6, 6.07) is 7.74. The van der Waals surface area contributed by atoms with Gasteiger partial charge in [0.1, 0.15) is 5.75 Å². The number of rotatable bonds is 3. The minimum Gasteiger partial charge on any atom is -0.506 e. The average Bonchev–Trinajstić information content (AvgIpc) is 2.42. The molecule has 0 spiro atoms. The normalized spacial score (nSPS) is 11.0. The van der Waals surface area contributed by atoms with Gasteiger partial charge in [-0.1, -0.05) is 34.8 Å². The lowest BCUT2D eigenvalue weighted by molar-refractivity contribution is 0.101. The third-order valence-corrected chi connectivity index (χ3v) is 3.58. The first-order valence-electron chi connectivity index (χ1n) is 5.91. The monoisotopic (exact) mass is 341 g/mol. The van der Waals surface area contributed by atoms with Gasteiger partial charge in [0.2, 0.25) is 0 Å². The van der Waals surface area contributed by atoms with E-state index in [1.807, 2.05) is 0 Å². The lowest BCUT2D eigenvalue weighted by Gasteiger charge is -2.04. The summed E-state index contributed by atoms with van der Waals surface area (Å²) in [6.07, 6.45) is 1.39. The highest BCUT2D eigenvalue weighted by Gasteiger charge is 2.07. The van der Waals surface area contributed by atoms with Crippen LogP contribution in [0.2, 0.25) is 15.1 Å². The second kappa shape index (κ2) is 6.48. The Bertz CT molecular complexity index is 742. The predicted octanol–water partition coefficient (Wildman–Crippen LogP) is 5.31. The fraction of sp³-hybridized carbons (Fsp3) is 0.0667. The Kier molecular flexibility index (Phi) is 4.88. The molecule has 0 aliphatic carbocycles. The van der Waals surface area contributed by atoms with Crippen LogP contribution in [0.5, 0.6) is 5.75 Å². The van der Waals surface area contributed by atoms with Gasteiger partial charge in [-0.25, -0.2) is 0 Å². The molecule has 6 heteroatoms. The van der Waals surface area contributed by atoms with Crippen molar-refractivity contribution in [3.8, 4) is 5.75 Å². The van der Waals surface area contributed by atoms with Gasteiger partial charge in [-0.2, -0.15) is 0 Å². The maximum absolute atomic E-state index is 11.4. The fourth-order valence-corrected chi connectivity index (χ4v) is 2.33. The van der Waals surface area contributed by atoms with Crippen LogP contribution in [-0.2, 0) is 0 Å². The highest BCUT2D eigenvalue weighted by atomic mass is 35.5. The molecule has 2 aromatic rings. The molecular formula is C15H10Cl3NO2. The number of halogens is 3. The first-order valence-corrected chi connectivity index (χ1v) is 7.04. The summed E-state index contributed by atoms with van der Waals surface area (Å²) < 4.78 is 0. The van der Waals surface area contributed by atoms with Crippen LogP contribution in [-0.4, -0.2) is 17.1 Å². The van der Waals surface area contributed by atoms with Crippen LogP contribution in [0.3, 0.4) is 0 Å². The smallest absolute Gasteiger partial charge is 0.159 e. The van der Waals surface area contributed by atoms with Gasteiger partial charge in [0.25, 0.3) is 0 Å². The van der Waals surface area contributed by atoms with Crippen molar-refractivity contribution in [1.29, 1.82) is 0 Å². The third-order valence-electron chi connectivity index (χ3n) is 2.75. The molecule has 0 saturated heterocycles. The molecule has 1 N–H and O–H groups in total. The molecule has 2 aromatic carbocycles. The lowest BCUT2D eigenvalue weighted by atomic mass is 10.1. The molecule has 0 fully saturated rings. The Hall–Kier alpha value is -1.55. The summed E-state index contributed by atoms with van der Waals surface area (Å²) >= 11 is 17.7. The highest BCUT2D eigenvalue weighted by molar-refractivity contribution is 6.36. The summed E-state index contributed by atoms with van der Waals surface area (Å²) in [5, 5.41) is 10.7. The summed E-state index contributed by atoms with van der Waals surface area (Å²) in [7, 11) is 0. The predicted molar refractivity (Wildman–Crippen MR) is 86.8 cm³/mol. The minimum absolute atomic E-state index is 0.0863. The van der Waals surface area contributed by atoms with Crippen LogP contribution in [0, 0.1) is 0 Å². The highest BCUT2D eigenvalue weighted by Crippen LogP contribution is 2.31. The molecule has 0 bridgehead atoms. The first kappa shape index (κ1) is 15.8. The van der Waals surface area contributed by atoms with Crippen LogP contribution >= 0.6 is 34.8 Å². The van der Waals surface area contributed by atoms with E-state index in [0.29, 0.717) is 26.9 Å². The quantitative estimate of drug-likeness (QED) is 0.607. The Morgan fingerprint density at radius 3 is 2.52 bits per heavy atom. The first-order chi connectivity index (χ1) is 9.88. The standard InChI is InChI=1S/C15H10Cl3NO2/c1-8(20)9-2-3-12(17)14(5-9)19-7-10-4-11(16)6-13(18)15(10)21/h2-7,21H,1H3. The van der Waals surface area contributed by atoms with Crippen molar-refractivity contribution < 1.29 is 9.90 Å². The summed E-state index contributed by atoms with van der Waals surface area (Å²) in [4.78, 5) is 15.5. The van der Waals surface area contributed by atoms with Crippen molar-refractivity contribution >= 4 is 52.5 Å². The second-order valence-electron chi connectivity index (χ2n) is 4.31. The van der Waals surface area contributed by atoms with Gasteiger partial charge in [0.15, 0.2) is 5.78 Å². The van der Waals surface area contributed by atoms with Crippen LogP contribution in [0.1, 0.15) is 22.8 Å². The van der Waals surface area contributed by atoms with Gasteiger partial charge in [-0.05, 0) is 37.3 Å². The Balaban J connectivity index is 2.42. The number of phenolic OH excluding ortho intramolecular Hbond substituents is 1. The van der Waals surface area contributed by atoms with E-state index in [-0.39, 0.29) is 16.6 Å². The van der Waals surface area contributed by atoms with Crippen LogP contribution in [0.15, 0.2) is 35.3 Å². The van der Waals surface area contributed by atoms with Crippen LogP contribution < -0.4 is 0 Å². The zero-order chi connectivity index (χ0) is 15.6. The van der Waals surface area contributed by atoms with E-state index in [9.17, 15) is 9.90 Å². The number of carbonyl (C=O) groups excluding carboxylic acids is 1. The molecule has 0 unspecified atom stereocenters. The topological polar surface area (TPSA) is 49.7 Å². The molecular weight excluding hydrogens is 333 g/mol. The zero-order valence-electron chi connectivity index (χ0n) is 10.9. The van der Waals surface area contributed by atoms with E-state index in [1.54, 1.807) is 18.2 Å². The van der Waals surface area contributed by atoms with Gasteiger partial charge in [-0.15, -0.1) is 0 Å². The number of aliphatic imine (C=N–C) groups is 1. The van der Waals surface area contributed by atoms with Crippen molar-refractivity contribution in [2.75, 3.05) is 0 Å². The van der Waals surface area contributed by atoms with Crippen molar-refractivity contribution in [3.63, 3.8) is 0 Å². The molecule has 3 nitrogen and oxygen atoms in total. The van der Waals surface area contributed by atoms with Gasteiger partial charge in [-0.3, -0.25) is 9.79 Å². The molecule has 0 aliphatic rings. The molecule has 0 radical (unpaired) electrons. The van der Waals surface area contributed by atoms with Gasteiger partial charge in [0, 0.05) is 22.4 Å². The van der Waals surface area contributed by atoms with Crippen LogP contribution in [0.4, 0.5) is 5.69 Å². The summed E-state index contributed by atoms with van der Waals surface area (Å²) in [5.74, 6) is -0.208. The van der Waals surface area contributed by atoms with E-state index in [4.69, 9.17) is 34.8 Å². The number of phenols is 1. The number of hydrogen-bond donors (Lipinski definition) is 1. The van der Waals surface area contributed by atoms with E-state index in [1.165, 1.54) is 25.3 Å². The number of aromatic hydroxyl groups is 1. The molecule has 0 amide bonds. The average molecular weight is 343 g/mol. The molecule has 21 heavy (non-hydrogen) atoms. The number of hydrogen-bond acceptors (Lipinski definition) is 3. The minimum atomic E-state index is -0.122. The Labute approximate surface area is 136 Å². The van der Waals surface area contributed by atoms with Crippen molar-refractivity contribution in [2.45, 2.75) is 6.92 Å². The molecule has 0 atom stereocenters. The van der Waals surface area contributed by atoms with E-state index < -0.39 is 0 Å². The second-order valence-corrected chi connectivity index (χ2v) is 5.56. The van der Waals surface area contributed by atoms with Crippen molar-refractivity contribution in [1.82, 2.24) is 0 Å². The zero-order valence-corrected chi connectivity index (χ0v) is 13.2. The molecule has 0 saturated carbocycles. The van der Waals surface area contributed by atoms with E-state index >= 15 is 0 Å². The maximum Gasteiger partial charge on any atom is 0.159 e. The van der Waals surface area contributed by atoms with Crippen molar-refractivity contribution in [3.05, 3.63) is 56.5 Å². The fourth-order valence-electron chi connectivity index (χ4n) is 1.65. The van der Waals surface area contributed by atoms with Gasteiger partial charge in [0.05, 0.1) is 15.7 Å². The van der Waals surface area contributed by atoms with Gasteiger partial charge >= 0.3 is 0 Å². The number of ketones is 1. The number of benzene rings is 2. The molecule has 0 aromatic heterocycles. The molecule has 0 heterocycles. The largest absolute Gasteiger partial charge is 0.506 e. The summed E-state index contributed by atoms with van der Waals surface area (Å²) in [6.45, 7) is 1.46. The number of carbonyl (C=O) groups is 1. The lowest BCUT2D eigenvalue weighted by Crippen LogP contribution is -1.91. The number of nitrogens with zero attached hydrogens (tertiary/aromatic N) is 1. The number of Topliss-reactive ketones (excluding diaryl/α,β-unsaturated/α-hetero) is 1. The molecule has 2 rings (SSSR count). The SMILES string of the molecule is CC(=O)c1ccc(Cl)c(N=Cc2cc(Cl)cc(Cl)c2O)c1. The maximum atomic E-state index is 11.4. The van der Waals surface area contributed by atoms with E-state index in [2.05, 4.69) is 4.99 Å². The third kappa shape index (κ3) is 3.76. The van der Waals surface area contributed by atoms with Crippen LogP contribution in [0.25, 0.3) is 0 Å².